The summed E-state index contributed by atoms with van der Waals surface area (Å²) < 4.78 is 7.36. The number of pyridine rings is 1. The number of hydrogen-bond acceptors (Lipinski definition) is 6. The molecular formula is C28H29N7O2. The summed E-state index contributed by atoms with van der Waals surface area (Å²) in [4.78, 5) is 24.7. The van der Waals surface area contributed by atoms with E-state index in [1.54, 1.807) is 17.1 Å². The Hall–Kier alpha value is -4.32. The summed E-state index contributed by atoms with van der Waals surface area (Å²) in [6.45, 7) is 7.26. The third-order valence-electron chi connectivity index (χ3n) is 7.11. The zero-order chi connectivity index (χ0) is 25.9. The first kappa shape index (κ1) is 23.1. The number of aromatic amines is 1. The molecule has 9 nitrogen and oxygen atoms in total. The van der Waals surface area contributed by atoms with Gasteiger partial charge in [-0.2, -0.15) is 10.4 Å². The molecule has 2 unspecified atom stereocenters. The van der Waals surface area contributed by atoms with Crippen LogP contribution in [0.15, 0.2) is 48.9 Å². The lowest BCUT2D eigenvalue weighted by Crippen LogP contribution is -2.70. The highest BCUT2D eigenvalue weighted by Crippen LogP contribution is 2.38. The van der Waals surface area contributed by atoms with E-state index < -0.39 is 5.60 Å². The van der Waals surface area contributed by atoms with Crippen molar-refractivity contribution in [2.75, 3.05) is 18.0 Å². The summed E-state index contributed by atoms with van der Waals surface area (Å²) in [6, 6.07) is 13.0. The van der Waals surface area contributed by atoms with Crippen LogP contribution >= 0.6 is 0 Å². The fraction of sp³-hybridized carbons (Fsp3) is 0.357. The second kappa shape index (κ2) is 8.37. The lowest BCUT2D eigenvalue weighted by atomic mass is 9.87. The zero-order valence-electron chi connectivity index (χ0n) is 21.4. The second-order valence-corrected chi connectivity index (χ2v) is 10.9. The lowest BCUT2D eigenvalue weighted by molar-refractivity contribution is -0.0379. The molecule has 2 bridgehead atoms. The van der Waals surface area contributed by atoms with Crippen molar-refractivity contribution in [2.24, 2.45) is 7.05 Å². The molecule has 6 heterocycles. The third-order valence-corrected chi connectivity index (χ3v) is 7.11. The Balaban J connectivity index is 1.25. The molecule has 37 heavy (non-hydrogen) atoms. The fourth-order valence-electron chi connectivity index (χ4n) is 5.46. The van der Waals surface area contributed by atoms with Gasteiger partial charge in [0, 0.05) is 54.7 Å². The number of amides is 1. The smallest absolute Gasteiger partial charge is 0.410 e. The number of anilines is 1. The van der Waals surface area contributed by atoms with E-state index in [4.69, 9.17) is 4.74 Å². The van der Waals surface area contributed by atoms with Crippen LogP contribution in [0.25, 0.3) is 33.4 Å². The molecule has 4 aromatic rings. The first-order valence-corrected chi connectivity index (χ1v) is 12.5. The molecule has 0 spiro atoms. The molecule has 3 aromatic heterocycles. The summed E-state index contributed by atoms with van der Waals surface area (Å²) in [6.07, 6.45) is 6.17. The van der Waals surface area contributed by atoms with E-state index in [0.717, 1.165) is 58.6 Å². The topological polar surface area (TPSA) is 103 Å². The SMILES string of the molecule is Cn1cc(-c2cc3c(-c4ccc(N5CC6CC(C5)N6C(=O)OC(C)(C)C)cc4)c(C#N)cnc3[nH]2)cn1. The number of rotatable bonds is 3. The molecule has 188 valence electrons. The number of nitrogens with zero attached hydrogens (tertiary/aromatic N) is 6. The van der Waals surface area contributed by atoms with Gasteiger partial charge in [0.25, 0.3) is 0 Å². The van der Waals surface area contributed by atoms with Gasteiger partial charge < -0.3 is 14.6 Å². The van der Waals surface area contributed by atoms with Crippen LogP contribution in [0.5, 0.6) is 0 Å². The van der Waals surface area contributed by atoms with Crippen LogP contribution in [0.4, 0.5) is 10.5 Å². The number of piperazine rings is 1. The van der Waals surface area contributed by atoms with Gasteiger partial charge in [0.1, 0.15) is 17.3 Å². The number of nitriles is 1. The number of nitrogens with one attached hydrogen (secondary N) is 1. The average Bonchev–Trinajstić information content (AvgIpc) is 3.48. The monoisotopic (exact) mass is 495 g/mol. The summed E-state index contributed by atoms with van der Waals surface area (Å²) in [5, 5.41) is 15.0. The Morgan fingerprint density at radius 1 is 1.14 bits per heavy atom. The molecule has 9 heteroatoms. The highest BCUT2D eigenvalue weighted by atomic mass is 16.6. The Morgan fingerprint density at radius 2 is 1.86 bits per heavy atom. The number of aromatic nitrogens is 4. The van der Waals surface area contributed by atoms with E-state index in [2.05, 4.69) is 50.3 Å². The van der Waals surface area contributed by atoms with Gasteiger partial charge in [0.15, 0.2) is 0 Å². The fourth-order valence-corrected chi connectivity index (χ4v) is 5.46. The first-order chi connectivity index (χ1) is 17.7. The molecule has 7 rings (SSSR count). The number of ether oxygens (including phenoxy) is 1. The minimum absolute atomic E-state index is 0.170. The van der Waals surface area contributed by atoms with Crippen LogP contribution in [0.3, 0.4) is 0 Å². The number of carbonyl (C=O) groups is 1. The normalized spacial score (nSPS) is 19.0. The summed E-state index contributed by atoms with van der Waals surface area (Å²) in [5.74, 6) is 0. The zero-order valence-corrected chi connectivity index (χ0v) is 21.4. The third kappa shape index (κ3) is 4.08. The van der Waals surface area contributed by atoms with Gasteiger partial charge in [-0.15, -0.1) is 0 Å². The number of aryl methyl sites for hydroxylation is 1. The largest absolute Gasteiger partial charge is 0.444 e. The molecule has 3 aliphatic rings. The number of benzene rings is 1. The number of carbonyl (C=O) groups excluding carboxylic acids is 1. The Kier molecular flexibility index (Phi) is 5.23. The number of fused-ring (bicyclic) bond motifs is 3. The van der Waals surface area contributed by atoms with Crippen molar-refractivity contribution in [1.29, 1.82) is 5.26 Å². The van der Waals surface area contributed by atoms with E-state index in [0.29, 0.717) is 5.56 Å². The Morgan fingerprint density at radius 3 is 2.49 bits per heavy atom. The van der Waals surface area contributed by atoms with Crippen LogP contribution in [-0.4, -0.2) is 61.5 Å². The molecule has 3 fully saturated rings. The molecule has 0 saturated carbocycles. The molecule has 3 saturated heterocycles. The molecule has 0 aliphatic carbocycles. The van der Waals surface area contributed by atoms with Crippen LogP contribution < -0.4 is 4.90 Å². The standard InChI is InChI=1S/C28H29N7O2/c1-28(2,3)37-27(36)35-21-9-22(35)16-34(15-21)20-7-5-17(6-8-20)25-18(11-29)12-30-26-23(25)10-24(32-26)19-13-31-33(4)14-19/h5-8,10,12-14,21-22H,9,15-16H2,1-4H3,(H,30,32). The van der Waals surface area contributed by atoms with Crippen LogP contribution in [0.2, 0.25) is 0 Å². The highest BCUT2D eigenvalue weighted by Gasteiger charge is 2.48. The van der Waals surface area contributed by atoms with Gasteiger partial charge in [-0.05, 0) is 51.0 Å². The van der Waals surface area contributed by atoms with Gasteiger partial charge in [-0.3, -0.25) is 9.58 Å². The minimum Gasteiger partial charge on any atom is -0.444 e. The van der Waals surface area contributed by atoms with E-state index in [1.807, 2.05) is 45.0 Å². The second-order valence-electron chi connectivity index (χ2n) is 10.9. The minimum atomic E-state index is -0.491. The van der Waals surface area contributed by atoms with Gasteiger partial charge >= 0.3 is 6.09 Å². The first-order valence-electron chi connectivity index (χ1n) is 12.5. The molecule has 1 aromatic carbocycles. The predicted octanol–water partition coefficient (Wildman–Crippen LogP) is 4.70. The number of H-pyrrole nitrogens is 1. The Labute approximate surface area is 215 Å². The van der Waals surface area contributed by atoms with E-state index >= 15 is 0 Å². The molecule has 3 aliphatic heterocycles. The molecule has 0 radical (unpaired) electrons. The van der Waals surface area contributed by atoms with Crippen molar-refractivity contribution in [3.8, 4) is 28.5 Å². The molecular weight excluding hydrogens is 466 g/mol. The number of hydrogen-bond donors (Lipinski definition) is 1. The average molecular weight is 496 g/mol. The summed E-state index contributed by atoms with van der Waals surface area (Å²) in [5.41, 5.74) is 5.57. The van der Waals surface area contributed by atoms with Crippen molar-refractivity contribution < 1.29 is 9.53 Å². The lowest BCUT2D eigenvalue weighted by Gasteiger charge is -2.56. The van der Waals surface area contributed by atoms with Gasteiger partial charge in [-0.25, -0.2) is 9.78 Å². The predicted molar refractivity (Wildman–Crippen MR) is 141 cm³/mol. The molecule has 1 amide bonds. The van der Waals surface area contributed by atoms with Gasteiger partial charge in [0.05, 0.1) is 29.5 Å². The number of piperidine rings is 1. The maximum absolute atomic E-state index is 12.6. The highest BCUT2D eigenvalue weighted by molar-refractivity contribution is 5.98. The van der Waals surface area contributed by atoms with Crippen molar-refractivity contribution in [3.05, 3.63) is 54.5 Å². The van der Waals surface area contributed by atoms with E-state index in [1.165, 1.54) is 0 Å². The van der Waals surface area contributed by atoms with E-state index in [9.17, 15) is 10.1 Å². The van der Waals surface area contributed by atoms with Crippen molar-refractivity contribution in [3.63, 3.8) is 0 Å². The van der Waals surface area contributed by atoms with Crippen LogP contribution in [0.1, 0.15) is 32.8 Å². The quantitative estimate of drug-likeness (QED) is 0.442. The van der Waals surface area contributed by atoms with Crippen molar-refractivity contribution in [2.45, 2.75) is 44.9 Å². The Bertz CT molecular complexity index is 1530. The molecule has 1 N–H and O–H groups in total. The van der Waals surface area contributed by atoms with Crippen molar-refractivity contribution in [1.82, 2.24) is 24.6 Å². The maximum atomic E-state index is 12.6. The molecule has 2 atom stereocenters. The van der Waals surface area contributed by atoms with Gasteiger partial charge in [-0.1, -0.05) is 12.1 Å². The van der Waals surface area contributed by atoms with Crippen LogP contribution in [0, 0.1) is 11.3 Å². The summed E-state index contributed by atoms with van der Waals surface area (Å²) >= 11 is 0. The van der Waals surface area contributed by atoms with Gasteiger partial charge in [0.2, 0.25) is 0 Å². The van der Waals surface area contributed by atoms with Crippen LogP contribution in [-0.2, 0) is 11.8 Å². The maximum Gasteiger partial charge on any atom is 0.410 e. The van der Waals surface area contributed by atoms with Crippen molar-refractivity contribution >= 4 is 22.8 Å². The van der Waals surface area contributed by atoms with E-state index in [-0.39, 0.29) is 18.2 Å². The summed E-state index contributed by atoms with van der Waals surface area (Å²) in [7, 11) is 1.88.